The van der Waals surface area contributed by atoms with Crippen LogP contribution in [0.3, 0.4) is 0 Å². The van der Waals surface area contributed by atoms with Crippen LogP contribution in [0.25, 0.3) is 10.9 Å². The average molecular weight is 581 g/mol. The molecule has 0 fully saturated rings. The first-order chi connectivity index (χ1) is 20.5. The predicted octanol–water partition coefficient (Wildman–Crippen LogP) is 5.73. The molecule has 220 valence electrons. The lowest BCUT2D eigenvalue weighted by atomic mass is 9.78. The quantitative estimate of drug-likeness (QED) is 0.233. The van der Waals surface area contributed by atoms with E-state index in [4.69, 9.17) is 0 Å². The van der Waals surface area contributed by atoms with Crippen LogP contribution in [0.4, 0.5) is 15.8 Å². The minimum Gasteiger partial charge on any atom is -0.350 e. The zero-order valence-corrected chi connectivity index (χ0v) is 24.4. The maximum Gasteiger partial charge on any atom is 0.272 e. The van der Waals surface area contributed by atoms with Crippen molar-refractivity contribution in [3.63, 3.8) is 0 Å². The van der Waals surface area contributed by atoms with Crippen LogP contribution in [0.5, 0.6) is 0 Å². The summed E-state index contributed by atoms with van der Waals surface area (Å²) in [6.07, 6.45) is 2.10. The molecule has 1 aliphatic heterocycles. The third-order valence-electron chi connectivity index (χ3n) is 8.10. The number of likely N-dealkylation sites (N-methyl/N-ethyl adjacent to an activating group) is 1. The third-order valence-corrected chi connectivity index (χ3v) is 8.10. The van der Waals surface area contributed by atoms with Crippen molar-refractivity contribution in [2.75, 3.05) is 17.7 Å². The van der Waals surface area contributed by atoms with E-state index in [1.54, 1.807) is 38.2 Å². The minimum absolute atomic E-state index is 0.138. The molecule has 9 nitrogen and oxygen atoms in total. The number of halogens is 1. The largest absolute Gasteiger partial charge is 0.350 e. The van der Waals surface area contributed by atoms with Crippen LogP contribution in [0.1, 0.15) is 61.3 Å². The van der Waals surface area contributed by atoms with Crippen LogP contribution in [-0.4, -0.2) is 45.7 Å². The van der Waals surface area contributed by atoms with Gasteiger partial charge in [-0.25, -0.2) is 4.39 Å². The first-order valence-electron chi connectivity index (χ1n) is 14.1. The standard InChI is InChI=1S/C33H33FN6O3/c1-19(2)14-23(31(42)40(4)21(17-35)16-33(3)24-8-5-6-10-28(24)39-32(33)43)26-13-12-20(18-36-26)37-30(41)29-15-22-25(34)9-7-11-27(22)38-29/h5-13,15,18-19,21,23,38H,14,16H2,1-4H3,(H,37,41)(H,39,43)/t21-,23?,33+/m0/s1. The van der Waals surface area contributed by atoms with Gasteiger partial charge in [0.2, 0.25) is 11.8 Å². The maximum absolute atomic E-state index is 14.1. The number of carbonyl (C=O) groups is 3. The Morgan fingerprint density at radius 2 is 1.91 bits per heavy atom. The van der Waals surface area contributed by atoms with Crippen LogP contribution in [-0.2, 0) is 15.0 Å². The molecular weight excluding hydrogens is 547 g/mol. The number of nitrogens with one attached hydrogen (secondary N) is 3. The van der Waals surface area contributed by atoms with Crippen LogP contribution in [0.2, 0.25) is 0 Å². The van der Waals surface area contributed by atoms with Gasteiger partial charge in [0.05, 0.1) is 35.0 Å². The van der Waals surface area contributed by atoms with Crippen LogP contribution < -0.4 is 10.6 Å². The van der Waals surface area contributed by atoms with Gasteiger partial charge < -0.3 is 20.5 Å². The minimum atomic E-state index is -0.964. The van der Waals surface area contributed by atoms with Gasteiger partial charge in [-0.05, 0) is 67.6 Å². The number of fused-ring (bicyclic) bond motifs is 2. The molecule has 2 aromatic heterocycles. The summed E-state index contributed by atoms with van der Waals surface area (Å²) in [5.74, 6) is -1.85. The number of nitrogens with zero attached hydrogens (tertiary/aromatic N) is 3. The van der Waals surface area contributed by atoms with E-state index in [-0.39, 0.29) is 29.8 Å². The summed E-state index contributed by atoms with van der Waals surface area (Å²) in [5.41, 5.74) is 2.18. The van der Waals surface area contributed by atoms with Crippen molar-refractivity contribution >= 4 is 40.0 Å². The van der Waals surface area contributed by atoms with E-state index in [1.807, 2.05) is 38.1 Å². The molecule has 0 saturated heterocycles. The number of hydrogen-bond acceptors (Lipinski definition) is 5. The predicted molar refractivity (Wildman–Crippen MR) is 162 cm³/mol. The average Bonchev–Trinajstić information content (AvgIpc) is 3.54. The highest BCUT2D eigenvalue weighted by molar-refractivity contribution is 6.06. The van der Waals surface area contributed by atoms with E-state index in [0.717, 1.165) is 5.56 Å². The van der Waals surface area contributed by atoms with Gasteiger partial charge in [-0.2, -0.15) is 5.26 Å². The lowest BCUT2D eigenvalue weighted by molar-refractivity contribution is -0.134. The van der Waals surface area contributed by atoms with Gasteiger partial charge in [0.1, 0.15) is 17.6 Å². The number of anilines is 2. The fourth-order valence-electron chi connectivity index (χ4n) is 5.66. The molecule has 0 radical (unpaired) electrons. The molecule has 0 saturated carbocycles. The number of hydrogen-bond donors (Lipinski definition) is 3. The van der Waals surface area contributed by atoms with Crippen molar-refractivity contribution in [3.05, 3.63) is 89.6 Å². The molecule has 3 heterocycles. The number of nitriles is 1. The van der Waals surface area contributed by atoms with Gasteiger partial charge in [-0.1, -0.05) is 38.1 Å². The monoisotopic (exact) mass is 580 g/mol. The fraction of sp³-hybridized carbons (Fsp3) is 0.303. The van der Waals surface area contributed by atoms with Crippen molar-refractivity contribution in [2.45, 2.75) is 51.0 Å². The first-order valence-corrected chi connectivity index (χ1v) is 14.1. The van der Waals surface area contributed by atoms with Crippen molar-refractivity contribution in [3.8, 4) is 6.07 Å². The van der Waals surface area contributed by atoms with Gasteiger partial charge in [-0.15, -0.1) is 0 Å². The zero-order chi connectivity index (χ0) is 30.9. The van der Waals surface area contributed by atoms with Crippen LogP contribution in [0.15, 0.2) is 66.9 Å². The summed E-state index contributed by atoms with van der Waals surface area (Å²) in [6.45, 7) is 5.80. The summed E-state index contributed by atoms with van der Waals surface area (Å²) < 4.78 is 14.1. The maximum atomic E-state index is 14.1. The van der Waals surface area contributed by atoms with E-state index in [0.29, 0.717) is 34.4 Å². The van der Waals surface area contributed by atoms with E-state index in [1.165, 1.54) is 23.2 Å². The molecule has 10 heteroatoms. The normalized spacial score (nSPS) is 17.2. The molecule has 0 bridgehead atoms. The van der Waals surface area contributed by atoms with Gasteiger partial charge in [0.15, 0.2) is 0 Å². The lowest BCUT2D eigenvalue weighted by Gasteiger charge is -2.32. The lowest BCUT2D eigenvalue weighted by Crippen LogP contribution is -2.45. The SMILES string of the molecule is CC(C)CC(C(=O)N(C)[C@H](C#N)C[C@@]1(C)C(=O)Nc2ccccc21)c1ccc(NC(=O)c2cc3c(F)cccc3[nH]2)cn1. The highest BCUT2D eigenvalue weighted by atomic mass is 19.1. The summed E-state index contributed by atoms with van der Waals surface area (Å²) in [5, 5.41) is 16.1. The Morgan fingerprint density at radius 1 is 1.14 bits per heavy atom. The Kier molecular flexibility index (Phi) is 8.00. The number of rotatable bonds is 9. The zero-order valence-electron chi connectivity index (χ0n) is 24.4. The molecule has 43 heavy (non-hydrogen) atoms. The van der Waals surface area contributed by atoms with Gasteiger partial charge in [0, 0.05) is 23.6 Å². The fourth-order valence-corrected chi connectivity index (χ4v) is 5.66. The Labute approximate surface area is 249 Å². The Bertz CT molecular complexity index is 1740. The number of para-hydroxylation sites is 1. The molecule has 1 aliphatic rings. The number of pyridine rings is 1. The summed E-state index contributed by atoms with van der Waals surface area (Å²) in [4.78, 5) is 48.5. The Balaban J connectivity index is 1.33. The molecule has 3 N–H and O–H groups in total. The Morgan fingerprint density at radius 3 is 2.58 bits per heavy atom. The van der Waals surface area contributed by atoms with E-state index < -0.39 is 29.1 Å². The second-order valence-electron chi connectivity index (χ2n) is 11.6. The summed E-state index contributed by atoms with van der Waals surface area (Å²) in [7, 11) is 1.59. The number of aromatic amines is 1. The van der Waals surface area contributed by atoms with Gasteiger partial charge >= 0.3 is 0 Å². The number of aromatic nitrogens is 2. The molecule has 3 amide bonds. The van der Waals surface area contributed by atoms with Crippen LogP contribution in [0, 0.1) is 23.1 Å². The first kappa shape index (κ1) is 29.5. The van der Waals surface area contributed by atoms with Crippen molar-refractivity contribution in [1.82, 2.24) is 14.9 Å². The third kappa shape index (κ3) is 5.71. The van der Waals surface area contributed by atoms with E-state index >= 15 is 0 Å². The van der Waals surface area contributed by atoms with E-state index in [9.17, 15) is 24.0 Å². The number of carbonyl (C=O) groups excluding carboxylic acids is 3. The van der Waals surface area contributed by atoms with Crippen molar-refractivity contribution < 1.29 is 18.8 Å². The van der Waals surface area contributed by atoms with Crippen LogP contribution >= 0.6 is 0 Å². The molecule has 4 aromatic rings. The molecular formula is C33H33FN6O3. The molecule has 3 atom stereocenters. The molecule has 0 aliphatic carbocycles. The van der Waals surface area contributed by atoms with Gasteiger partial charge in [-0.3, -0.25) is 19.4 Å². The van der Waals surface area contributed by atoms with Gasteiger partial charge in [0.25, 0.3) is 5.91 Å². The highest BCUT2D eigenvalue weighted by Crippen LogP contribution is 2.41. The number of amides is 3. The second kappa shape index (κ2) is 11.7. The smallest absolute Gasteiger partial charge is 0.272 e. The Hall–Kier alpha value is -5.04. The van der Waals surface area contributed by atoms with Crippen molar-refractivity contribution in [2.24, 2.45) is 5.92 Å². The molecule has 1 unspecified atom stereocenters. The summed E-state index contributed by atoms with van der Waals surface area (Å²) in [6, 6.07) is 18.1. The van der Waals surface area contributed by atoms with E-state index in [2.05, 4.69) is 26.7 Å². The second-order valence-corrected chi connectivity index (χ2v) is 11.6. The molecule has 5 rings (SSSR count). The summed E-state index contributed by atoms with van der Waals surface area (Å²) >= 11 is 0. The topological polar surface area (TPSA) is 131 Å². The molecule has 0 spiro atoms. The number of H-pyrrole nitrogens is 1. The highest BCUT2D eigenvalue weighted by Gasteiger charge is 2.45. The number of benzene rings is 2. The molecule has 2 aromatic carbocycles. The van der Waals surface area contributed by atoms with Crippen molar-refractivity contribution in [1.29, 1.82) is 5.26 Å².